The molecule has 8 heteroatoms. The minimum atomic E-state index is -4.76. The molecule has 0 saturated heterocycles. The van der Waals surface area contributed by atoms with Crippen LogP contribution in [0.15, 0.2) is 24.3 Å². The first-order valence-electron chi connectivity index (χ1n) is 7.89. The molecule has 0 radical (unpaired) electrons. The minimum absolute atomic E-state index is 0.114. The Kier molecular flexibility index (Phi) is 4.45. The Balaban J connectivity index is 2.02. The SMILES string of the molecule is CCOC(=O)c1cc(-c2cc(OC(F)(F)F)ccc2C2CC2)n(C)n1. The van der Waals surface area contributed by atoms with Crippen LogP contribution in [0, 0.1) is 0 Å². The smallest absolute Gasteiger partial charge is 0.461 e. The summed E-state index contributed by atoms with van der Waals surface area (Å²) in [5.74, 6) is -0.568. The average Bonchev–Trinajstić information content (AvgIpc) is 3.28. The predicted molar refractivity (Wildman–Crippen MR) is 83.3 cm³/mol. The zero-order valence-electron chi connectivity index (χ0n) is 13.8. The number of carbonyl (C=O) groups is 1. The van der Waals surface area contributed by atoms with Crippen molar-refractivity contribution in [2.45, 2.75) is 32.0 Å². The summed E-state index contributed by atoms with van der Waals surface area (Å²) in [6, 6.07) is 5.82. The number of halogens is 3. The Morgan fingerprint density at radius 1 is 1.32 bits per heavy atom. The van der Waals surface area contributed by atoms with E-state index >= 15 is 0 Å². The van der Waals surface area contributed by atoms with Crippen molar-refractivity contribution in [3.05, 3.63) is 35.5 Å². The van der Waals surface area contributed by atoms with Gasteiger partial charge in [-0.1, -0.05) is 6.07 Å². The molecule has 1 fully saturated rings. The van der Waals surface area contributed by atoms with Gasteiger partial charge in [-0.25, -0.2) is 4.79 Å². The number of alkyl halides is 3. The fourth-order valence-corrected chi connectivity index (χ4v) is 2.73. The Bertz CT molecular complexity index is 795. The van der Waals surface area contributed by atoms with E-state index in [0.29, 0.717) is 17.2 Å². The number of aryl methyl sites for hydroxylation is 1. The monoisotopic (exact) mass is 354 g/mol. The summed E-state index contributed by atoms with van der Waals surface area (Å²) in [4.78, 5) is 11.9. The van der Waals surface area contributed by atoms with Crippen LogP contribution in [0.25, 0.3) is 11.3 Å². The maximum absolute atomic E-state index is 12.5. The van der Waals surface area contributed by atoms with Crippen LogP contribution in [0.4, 0.5) is 13.2 Å². The van der Waals surface area contributed by atoms with Crippen molar-refractivity contribution in [3.8, 4) is 17.0 Å². The van der Waals surface area contributed by atoms with Gasteiger partial charge in [0.25, 0.3) is 0 Å². The third-order valence-corrected chi connectivity index (χ3v) is 3.92. The molecule has 5 nitrogen and oxygen atoms in total. The molecule has 2 aromatic rings. The summed E-state index contributed by atoms with van der Waals surface area (Å²) in [6.07, 6.45) is -2.80. The highest BCUT2D eigenvalue weighted by Gasteiger charge is 2.33. The molecular formula is C17H17F3N2O3. The Labute approximate surface area is 142 Å². The van der Waals surface area contributed by atoms with Gasteiger partial charge in [-0.2, -0.15) is 5.10 Å². The normalized spacial score (nSPS) is 14.4. The Morgan fingerprint density at radius 2 is 2.04 bits per heavy atom. The molecule has 25 heavy (non-hydrogen) atoms. The van der Waals surface area contributed by atoms with Crippen molar-refractivity contribution < 1.29 is 27.4 Å². The van der Waals surface area contributed by atoms with Gasteiger partial charge in [0.2, 0.25) is 0 Å². The molecule has 1 aromatic heterocycles. The maximum Gasteiger partial charge on any atom is 0.573 e. The lowest BCUT2D eigenvalue weighted by atomic mass is 10.00. The second-order valence-corrected chi connectivity index (χ2v) is 5.83. The van der Waals surface area contributed by atoms with E-state index < -0.39 is 12.3 Å². The first-order valence-corrected chi connectivity index (χ1v) is 7.89. The topological polar surface area (TPSA) is 53.4 Å². The lowest BCUT2D eigenvalue weighted by Crippen LogP contribution is -2.17. The summed E-state index contributed by atoms with van der Waals surface area (Å²) in [5.41, 5.74) is 2.16. The molecule has 134 valence electrons. The molecule has 0 N–H and O–H groups in total. The quantitative estimate of drug-likeness (QED) is 0.761. The summed E-state index contributed by atoms with van der Waals surface area (Å²) in [5, 5.41) is 4.11. The van der Waals surface area contributed by atoms with Crippen molar-refractivity contribution in [2.24, 2.45) is 7.05 Å². The number of carbonyl (C=O) groups excluding carboxylic acids is 1. The molecule has 1 aromatic carbocycles. The highest BCUT2D eigenvalue weighted by Crippen LogP contribution is 2.45. The lowest BCUT2D eigenvalue weighted by molar-refractivity contribution is -0.274. The summed E-state index contributed by atoms with van der Waals surface area (Å²) in [7, 11) is 1.63. The molecular weight excluding hydrogens is 337 g/mol. The van der Waals surface area contributed by atoms with Crippen molar-refractivity contribution in [1.82, 2.24) is 9.78 Å². The van der Waals surface area contributed by atoms with Gasteiger partial charge in [-0.05, 0) is 49.4 Å². The van der Waals surface area contributed by atoms with Crippen LogP contribution in [-0.2, 0) is 11.8 Å². The van der Waals surface area contributed by atoms with Crippen LogP contribution in [0.2, 0.25) is 0 Å². The molecule has 0 aliphatic heterocycles. The fraction of sp³-hybridized carbons (Fsp3) is 0.412. The number of hydrogen-bond donors (Lipinski definition) is 0. The number of hydrogen-bond acceptors (Lipinski definition) is 4. The van der Waals surface area contributed by atoms with Crippen LogP contribution < -0.4 is 4.74 Å². The number of rotatable bonds is 5. The summed E-state index contributed by atoms with van der Waals surface area (Å²) < 4.78 is 48.0. The van der Waals surface area contributed by atoms with E-state index in [4.69, 9.17) is 4.74 Å². The van der Waals surface area contributed by atoms with Gasteiger partial charge in [0.05, 0.1) is 12.3 Å². The van der Waals surface area contributed by atoms with Gasteiger partial charge in [0.15, 0.2) is 5.69 Å². The minimum Gasteiger partial charge on any atom is -0.461 e. The average molecular weight is 354 g/mol. The molecule has 0 amide bonds. The third-order valence-electron chi connectivity index (χ3n) is 3.92. The Hall–Kier alpha value is -2.51. The van der Waals surface area contributed by atoms with Crippen molar-refractivity contribution in [1.29, 1.82) is 0 Å². The van der Waals surface area contributed by atoms with Crippen LogP contribution >= 0.6 is 0 Å². The van der Waals surface area contributed by atoms with E-state index in [1.165, 1.54) is 22.9 Å². The predicted octanol–water partition coefficient (Wildman–Crippen LogP) is 4.04. The van der Waals surface area contributed by atoms with E-state index in [-0.39, 0.29) is 18.1 Å². The van der Waals surface area contributed by atoms with Crippen molar-refractivity contribution in [2.75, 3.05) is 6.61 Å². The number of nitrogens with zero attached hydrogens (tertiary/aromatic N) is 2. The molecule has 1 heterocycles. The second kappa shape index (κ2) is 6.42. The second-order valence-electron chi connectivity index (χ2n) is 5.83. The van der Waals surface area contributed by atoms with Crippen LogP contribution in [0.3, 0.4) is 0 Å². The highest BCUT2D eigenvalue weighted by molar-refractivity contribution is 5.89. The molecule has 3 rings (SSSR count). The van der Waals surface area contributed by atoms with Gasteiger partial charge in [0.1, 0.15) is 5.75 Å². The number of ether oxygens (including phenoxy) is 2. The zero-order chi connectivity index (χ0) is 18.2. The molecule has 1 aliphatic carbocycles. The number of benzene rings is 1. The van der Waals surface area contributed by atoms with E-state index in [0.717, 1.165) is 18.4 Å². The van der Waals surface area contributed by atoms with Gasteiger partial charge in [-0.3, -0.25) is 4.68 Å². The molecule has 0 spiro atoms. The standard InChI is InChI=1S/C17H17F3N2O3/c1-3-24-16(23)14-9-15(22(2)21-14)13-8-11(25-17(18,19)20)6-7-12(13)10-4-5-10/h6-10H,3-5H2,1-2H3. The van der Waals surface area contributed by atoms with Gasteiger partial charge < -0.3 is 9.47 Å². The van der Waals surface area contributed by atoms with E-state index in [1.54, 1.807) is 20.0 Å². The van der Waals surface area contributed by atoms with E-state index in [2.05, 4.69) is 9.84 Å². The zero-order valence-corrected chi connectivity index (χ0v) is 13.8. The Morgan fingerprint density at radius 3 is 2.64 bits per heavy atom. The molecule has 1 aliphatic rings. The van der Waals surface area contributed by atoms with Crippen molar-refractivity contribution >= 4 is 5.97 Å². The molecule has 0 atom stereocenters. The summed E-state index contributed by atoms with van der Waals surface area (Å²) in [6.45, 7) is 1.90. The third kappa shape index (κ3) is 3.94. The largest absolute Gasteiger partial charge is 0.573 e. The lowest BCUT2D eigenvalue weighted by Gasteiger charge is -2.13. The maximum atomic E-state index is 12.5. The van der Waals surface area contributed by atoms with Gasteiger partial charge >= 0.3 is 12.3 Å². The van der Waals surface area contributed by atoms with Gasteiger partial charge in [0, 0.05) is 12.6 Å². The number of aromatic nitrogens is 2. The summed E-state index contributed by atoms with van der Waals surface area (Å²) >= 11 is 0. The van der Waals surface area contributed by atoms with Crippen LogP contribution in [0.1, 0.15) is 41.7 Å². The molecule has 1 saturated carbocycles. The fourth-order valence-electron chi connectivity index (χ4n) is 2.73. The first-order chi connectivity index (χ1) is 11.8. The van der Waals surface area contributed by atoms with Crippen LogP contribution in [0.5, 0.6) is 5.75 Å². The first kappa shape index (κ1) is 17.3. The molecule has 0 unspecified atom stereocenters. The van der Waals surface area contributed by atoms with Gasteiger partial charge in [-0.15, -0.1) is 13.2 Å². The highest BCUT2D eigenvalue weighted by atomic mass is 19.4. The van der Waals surface area contributed by atoms with E-state index in [1.807, 2.05) is 0 Å². The number of esters is 1. The van der Waals surface area contributed by atoms with Crippen molar-refractivity contribution in [3.63, 3.8) is 0 Å². The van der Waals surface area contributed by atoms with Crippen LogP contribution in [-0.4, -0.2) is 28.7 Å². The van der Waals surface area contributed by atoms with E-state index in [9.17, 15) is 18.0 Å². The molecule has 0 bridgehead atoms.